The second kappa shape index (κ2) is 12.2. The van der Waals surface area contributed by atoms with Gasteiger partial charge in [0.25, 0.3) is 0 Å². The molecule has 0 saturated carbocycles. The van der Waals surface area contributed by atoms with Crippen molar-refractivity contribution in [3.63, 3.8) is 0 Å². The van der Waals surface area contributed by atoms with Crippen LogP contribution in [0.5, 0.6) is 11.5 Å². The molecular weight excluding hydrogens is 599 g/mol. The van der Waals surface area contributed by atoms with E-state index in [4.69, 9.17) is 4.74 Å². The molecule has 0 aliphatic rings. The fourth-order valence-corrected chi connectivity index (χ4v) is 5.69. The Balaban J connectivity index is 1.73. The van der Waals surface area contributed by atoms with Crippen molar-refractivity contribution in [3.8, 4) is 11.5 Å². The maximum absolute atomic E-state index is 13.7. The van der Waals surface area contributed by atoms with Gasteiger partial charge in [0.2, 0.25) is 0 Å². The van der Waals surface area contributed by atoms with Crippen LogP contribution in [0, 0.1) is 6.92 Å². The van der Waals surface area contributed by atoms with Gasteiger partial charge in [-0.15, -0.1) is 13.2 Å². The van der Waals surface area contributed by atoms with Gasteiger partial charge in [-0.1, -0.05) is 30.4 Å². The largest absolute Gasteiger partial charge is 0.573 e. The summed E-state index contributed by atoms with van der Waals surface area (Å²) in [6.07, 6.45) is -1.99. The molecular formula is C32H30F3NO7S. The molecule has 0 aliphatic heterocycles. The molecule has 0 atom stereocenters. The Morgan fingerprint density at radius 3 is 2.25 bits per heavy atom. The van der Waals surface area contributed by atoms with E-state index in [-0.39, 0.29) is 12.3 Å². The molecule has 0 bridgehead atoms. The summed E-state index contributed by atoms with van der Waals surface area (Å²) in [6.45, 7) is 4.13. The molecule has 8 nitrogen and oxygen atoms in total. The Kier molecular flexibility index (Phi) is 8.96. The Labute approximate surface area is 252 Å². The number of fused-ring (bicyclic) bond motifs is 1. The first kappa shape index (κ1) is 32.3. The molecule has 44 heavy (non-hydrogen) atoms. The van der Waals surface area contributed by atoms with Crippen molar-refractivity contribution in [3.05, 3.63) is 101 Å². The van der Waals surface area contributed by atoms with Gasteiger partial charge < -0.3 is 19.1 Å². The lowest BCUT2D eigenvalue weighted by Crippen LogP contribution is -2.41. The molecule has 12 heteroatoms. The highest BCUT2D eigenvalue weighted by Crippen LogP contribution is 2.34. The van der Waals surface area contributed by atoms with Crippen LogP contribution >= 0.6 is 0 Å². The first-order valence-electron chi connectivity index (χ1n) is 13.3. The van der Waals surface area contributed by atoms with Crippen LogP contribution < -0.4 is 9.47 Å². The molecule has 0 saturated heterocycles. The van der Waals surface area contributed by atoms with Gasteiger partial charge in [0, 0.05) is 29.3 Å². The zero-order chi connectivity index (χ0) is 32.4. The number of benzene rings is 3. The standard InChI is InChI=1S/C32H30F3NO7S/c1-20-28(29(37)23-10-12-24(42-4)13-11-23)26-15-14-25(43-32(33,34)35)18-27(26)36(20)19-22-8-5-7-21(17-22)9-6-16-44(40,41)31(2,3)30(38)39/h5-15,17-18H,16,19H2,1-4H3,(H,38,39). The summed E-state index contributed by atoms with van der Waals surface area (Å²) >= 11 is 0. The van der Waals surface area contributed by atoms with E-state index in [1.165, 1.54) is 25.3 Å². The van der Waals surface area contributed by atoms with E-state index in [1.807, 2.05) is 0 Å². The third-order valence-electron chi connectivity index (χ3n) is 7.32. The molecule has 0 fully saturated rings. The second-order valence-corrected chi connectivity index (χ2v) is 13.2. The maximum Gasteiger partial charge on any atom is 0.573 e. The van der Waals surface area contributed by atoms with Gasteiger partial charge in [0.1, 0.15) is 11.5 Å². The molecule has 0 spiro atoms. The van der Waals surface area contributed by atoms with E-state index in [0.717, 1.165) is 19.9 Å². The zero-order valence-corrected chi connectivity index (χ0v) is 25.1. The molecule has 0 amide bonds. The number of aliphatic carboxylic acids is 1. The van der Waals surface area contributed by atoms with Crippen molar-refractivity contribution in [1.29, 1.82) is 0 Å². The number of carbonyl (C=O) groups is 2. The number of halogens is 3. The molecule has 1 aromatic heterocycles. The zero-order valence-electron chi connectivity index (χ0n) is 24.3. The number of methoxy groups -OCH3 is 1. The second-order valence-electron chi connectivity index (χ2n) is 10.6. The monoisotopic (exact) mass is 629 g/mol. The van der Waals surface area contributed by atoms with E-state index >= 15 is 0 Å². The Morgan fingerprint density at radius 2 is 1.64 bits per heavy atom. The maximum atomic E-state index is 13.7. The van der Waals surface area contributed by atoms with Gasteiger partial charge in [0.15, 0.2) is 20.4 Å². The van der Waals surface area contributed by atoms with Gasteiger partial charge in [-0.3, -0.25) is 9.59 Å². The van der Waals surface area contributed by atoms with Crippen molar-refractivity contribution < 1.29 is 45.8 Å². The van der Waals surface area contributed by atoms with Crippen molar-refractivity contribution in [2.24, 2.45) is 0 Å². The summed E-state index contributed by atoms with van der Waals surface area (Å²) in [4.78, 5) is 25.1. The van der Waals surface area contributed by atoms with E-state index in [9.17, 15) is 36.3 Å². The number of alkyl halides is 3. The van der Waals surface area contributed by atoms with Gasteiger partial charge in [0.05, 0.1) is 23.9 Å². The minimum atomic E-state index is -4.91. The smallest absolute Gasteiger partial charge is 0.497 e. The lowest BCUT2D eigenvalue weighted by Gasteiger charge is -2.18. The lowest BCUT2D eigenvalue weighted by atomic mass is 10.0. The average molecular weight is 630 g/mol. The highest BCUT2D eigenvalue weighted by molar-refractivity contribution is 7.93. The topological polar surface area (TPSA) is 112 Å². The molecule has 1 N–H and O–H groups in total. The predicted octanol–water partition coefficient (Wildman–Crippen LogP) is 6.43. The number of carboxylic acids is 1. The number of aromatic nitrogens is 1. The molecule has 0 aliphatic carbocycles. The number of rotatable bonds is 11. The average Bonchev–Trinajstić information content (AvgIpc) is 3.22. The highest BCUT2D eigenvalue weighted by Gasteiger charge is 2.40. The fourth-order valence-electron chi connectivity index (χ4n) is 4.66. The number of carbonyl (C=O) groups excluding carboxylic acids is 1. The van der Waals surface area contributed by atoms with E-state index in [0.29, 0.717) is 44.6 Å². The Hall–Kier alpha value is -4.58. The number of nitrogens with zero attached hydrogens (tertiary/aromatic N) is 1. The third-order valence-corrected chi connectivity index (χ3v) is 9.68. The van der Waals surface area contributed by atoms with Crippen LogP contribution in [0.25, 0.3) is 17.0 Å². The molecule has 0 radical (unpaired) electrons. The highest BCUT2D eigenvalue weighted by atomic mass is 32.2. The van der Waals surface area contributed by atoms with Crippen LogP contribution in [0.15, 0.2) is 72.8 Å². The summed E-state index contributed by atoms with van der Waals surface area (Å²) in [6, 6.07) is 17.3. The summed E-state index contributed by atoms with van der Waals surface area (Å²) < 4.78 is 73.2. The van der Waals surface area contributed by atoms with E-state index in [2.05, 4.69) is 4.74 Å². The number of ketones is 1. The van der Waals surface area contributed by atoms with Gasteiger partial charge >= 0.3 is 12.3 Å². The summed E-state index contributed by atoms with van der Waals surface area (Å²) in [7, 11) is -2.49. The van der Waals surface area contributed by atoms with Crippen LogP contribution in [0.1, 0.15) is 46.6 Å². The first-order valence-corrected chi connectivity index (χ1v) is 15.0. The van der Waals surface area contributed by atoms with E-state index in [1.54, 1.807) is 66.1 Å². The summed E-state index contributed by atoms with van der Waals surface area (Å²) in [5.74, 6) is -2.13. The van der Waals surface area contributed by atoms with Crippen molar-refractivity contribution in [2.45, 2.75) is 38.4 Å². The van der Waals surface area contributed by atoms with Crippen LogP contribution in [0.3, 0.4) is 0 Å². The molecule has 4 rings (SSSR count). The molecule has 3 aromatic carbocycles. The normalized spacial score (nSPS) is 12.5. The van der Waals surface area contributed by atoms with Crippen LogP contribution in [-0.2, 0) is 21.2 Å². The summed E-state index contributed by atoms with van der Waals surface area (Å²) in [5.41, 5.74) is 2.90. The number of carboxylic acid groups (broad SMARTS) is 1. The van der Waals surface area contributed by atoms with Crippen LogP contribution in [0.4, 0.5) is 13.2 Å². The lowest BCUT2D eigenvalue weighted by molar-refractivity contribution is -0.274. The number of hydrogen-bond acceptors (Lipinski definition) is 6. The van der Waals surface area contributed by atoms with Gasteiger partial charge in [-0.25, -0.2) is 8.42 Å². The number of sulfone groups is 1. The Bertz CT molecular complexity index is 1860. The first-order chi connectivity index (χ1) is 20.5. The Morgan fingerprint density at radius 1 is 0.977 bits per heavy atom. The van der Waals surface area contributed by atoms with Crippen LogP contribution in [0.2, 0.25) is 0 Å². The number of hydrogen-bond donors (Lipinski definition) is 1. The van der Waals surface area contributed by atoms with Crippen molar-refractivity contribution in [1.82, 2.24) is 4.57 Å². The third kappa shape index (κ3) is 6.80. The van der Waals surface area contributed by atoms with Crippen molar-refractivity contribution in [2.75, 3.05) is 12.9 Å². The predicted molar refractivity (Wildman–Crippen MR) is 160 cm³/mol. The fraction of sp³-hybridized carbons (Fsp3) is 0.250. The van der Waals surface area contributed by atoms with Crippen LogP contribution in [-0.4, -0.2) is 53.8 Å². The SMILES string of the molecule is COc1ccc(C(=O)c2c(C)n(Cc3cccc(C=CCS(=O)(=O)C(C)(C)C(=O)O)c3)c3cc(OC(F)(F)F)ccc23)cc1. The van der Waals surface area contributed by atoms with Crippen molar-refractivity contribution >= 4 is 38.6 Å². The minimum absolute atomic E-state index is 0.166. The molecule has 0 unspecified atom stereocenters. The number of ether oxygens (including phenoxy) is 2. The van der Waals surface area contributed by atoms with Gasteiger partial charge in [-0.2, -0.15) is 0 Å². The quantitative estimate of drug-likeness (QED) is 0.190. The van der Waals surface area contributed by atoms with E-state index < -0.39 is 38.4 Å². The molecule has 232 valence electrons. The molecule has 1 heterocycles. The summed E-state index contributed by atoms with van der Waals surface area (Å²) in [5, 5.41) is 9.71. The molecule has 4 aromatic rings. The van der Waals surface area contributed by atoms with Gasteiger partial charge in [-0.05, 0) is 74.4 Å². The minimum Gasteiger partial charge on any atom is -0.497 e.